The summed E-state index contributed by atoms with van der Waals surface area (Å²) < 4.78 is 10.3. The highest BCUT2D eigenvalue weighted by atomic mass is 32.1. The van der Waals surface area contributed by atoms with E-state index in [1.54, 1.807) is 0 Å². The zero-order valence-electron chi connectivity index (χ0n) is 14.1. The lowest BCUT2D eigenvalue weighted by Gasteiger charge is -2.09. The number of ether oxygens (including phenoxy) is 2. The predicted molar refractivity (Wildman–Crippen MR) is 91.4 cm³/mol. The Kier molecular flexibility index (Phi) is 8.99. The first-order valence-electron chi connectivity index (χ1n) is 8.11. The standard InChI is InChI=1S/C16H24N2O5S/c1-3-11(2)14(20)22-8-6-4-5-7-9-23-15(21)12-10-17-16(24)18-13(12)19/h10-11H,3-9H2,1-2H3,(H2,17,18,19,24). The van der Waals surface area contributed by atoms with E-state index in [9.17, 15) is 14.4 Å². The van der Waals surface area contributed by atoms with Gasteiger partial charge in [0.2, 0.25) is 0 Å². The summed E-state index contributed by atoms with van der Waals surface area (Å²) in [6, 6.07) is 0. The summed E-state index contributed by atoms with van der Waals surface area (Å²) in [4.78, 5) is 39.6. The lowest BCUT2D eigenvalue weighted by molar-refractivity contribution is -0.148. The molecule has 0 bridgehead atoms. The Balaban J connectivity index is 2.12. The number of carbonyl (C=O) groups is 2. The number of unbranched alkanes of at least 4 members (excludes halogenated alkanes) is 3. The minimum Gasteiger partial charge on any atom is -0.465 e. The molecule has 0 aromatic carbocycles. The Hall–Kier alpha value is -1.96. The Morgan fingerprint density at radius 2 is 1.79 bits per heavy atom. The molecule has 0 radical (unpaired) electrons. The van der Waals surface area contributed by atoms with Crippen LogP contribution >= 0.6 is 12.2 Å². The number of hydrogen-bond donors (Lipinski definition) is 2. The number of aromatic nitrogens is 2. The Labute approximate surface area is 145 Å². The van der Waals surface area contributed by atoms with Crippen molar-refractivity contribution in [1.29, 1.82) is 0 Å². The van der Waals surface area contributed by atoms with Crippen molar-refractivity contribution >= 4 is 24.2 Å². The first kappa shape index (κ1) is 20.1. The molecule has 0 amide bonds. The average molecular weight is 356 g/mol. The number of rotatable bonds is 10. The van der Waals surface area contributed by atoms with Crippen LogP contribution in [-0.2, 0) is 14.3 Å². The van der Waals surface area contributed by atoms with Gasteiger partial charge in [-0.25, -0.2) is 4.79 Å². The molecule has 0 aliphatic carbocycles. The number of esters is 2. The molecule has 1 rings (SSSR count). The summed E-state index contributed by atoms with van der Waals surface area (Å²) in [6.07, 6.45) is 5.22. The van der Waals surface area contributed by atoms with Crippen LogP contribution in [0.3, 0.4) is 0 Å². The summed E-state index contributed by atoms with van der Waals surface area (Å²) in [5, 5.41) is 0. The molecule has 1 unspecified atom stereocenters. The van der Waals surface area contributed by atoms with Gasteiger partial charge in [-0.15, -0.1) is 0 Å². The van der Waals surface area contributed by atoms with E-state index in [-0.39, 0.29) is 28.8 Å². The zero-order chi connectivity index (χ0) is 17.9. The summed E-state index contributed by atoms with van der Waals surface area (Å²) in [5.74, 6) is -0.886. The molecule has 0 aliphatic rings. The molecule has 1 atom stereocenters. The quantitative estimate of drug-likeness (QED) is 0.380. The number of hydrogen-bond acceptors (Lipinski definition) is 6. The molecule has 134 valence electrons. The topological polar surface area (TPSA) is 101 Å². The number of H-pyrrole nitrogens is 2. The maximum absolute atomic E-state index is 11.7. The fourth-order valence-corrected chi connectivity index (χ4v) is 2.00. The summed E-state index contributed by atoms with van der Waals surface area (Å²) in [7, 11) is 0. The monoisotopic (exact) mass is 356 g/mol. The van der Waals surface area contributed by atoms with Gasteiger partial charge in [-0.1, -0.05) is 13.8 Å². The molecule has 0 spiro atoms. The molecule has 0 aliphatic heterocycles. The largest absolute Gasteiger partial charge is 0.465 e. The molecule has 8 heteroatoms. The maximum atomic E-state index is 11.7. The second-order valence-electron chi connectivity index (χ2n) is 5.51. The van der Waals surface area contributed by atoms with Gasteiger partial charge in [0.1, 0.15) is 5.56 Å². The number of carbonyl (C=O) groups excluding carboxylic acids is 2. The van der Waals surface area contributed by atoms with Crippen molar-refractivity contribution in [2.75, 3.05) is 13.2 Å². The maximum Gasteiger partial charge on any atom is 0.345 e. The first-order chi connectivity index (χ1) is 11.5. The van der Waals surface area contributed by atoms with Crippen LogP contribution in [0.2, 0.25) is 0 Å². The van der Waals surface area contributed by atoms with Crippen molar-refractivity contribution in [2.24, 2.45) is 5.92 Å². The van der Waals surface area contributed by atoms with Crippen LogP contribution in [-0.4, -0.2) is 35.1 Å². The van der Waals surface area contributed by atoms with Crippen LogP contribution in [0, 0.1) is 10.7 Å². The average Bonchev–Trinajstić information content (AvgIpc) is 2.55. The van der Waals surface area contributed by atoms with Crippen molar-refractivity contribution < 1.29 is 19.1 Å². The fraction of sp³-hybridized carbons (Fsp3) is 0.625. The normalized spacial score (nSPS) is 11.8. The first-order valence-corrected chi connectivity index (χ1v) is 8.52. The molecular weight excluding hydrogens is 332 g/mol. The van der Waals surface area contributed by atoms with Gasteiger partial charge in [0.05, 0.1) is 19.1 Å². The van der Waals surface area contributed by atoms with Crippen molar-refractivity contribution in [1.82, 2.24) is 9.97 Å². The van der Waals surface area contributed by atoms with Crippen molar-refractivity contribution in [2.45, 2.75) is 46.0 Å². The van der Waals surface area contributed by atoms with Gasteiger partial charge in [-0.3, -0.25) is 14.6 Å². The van der Waals surface area contributed by atoms with Crippen molar-refractivity contribution in [3.63, 3.8) is 0 Å². The molecule has 1 heterocycles. The van der Waals surface area contributed by atoms with E-state index in [0.717, 1.165) is 25.7 Å². The van der Waals surface area contributed by atoms with Gasteiger partial charge >= 0.3 is 11.9 Å². The van der Waals surface area contributed by atoms with Gasteiger partial charge in [0.25, 0.3) is 5.56 Å². The van der Waals surface area contributed by atoms with Gasteiger partial charge in [-0.2, -0.15) is 0 Å². The summed E-state index contributed by atoms with van der Waals surface area (Å²) in [6.45, 7) is 4.45. The number of aromatic amines is 2. The van der Waals surface area contributed by atoms with Crippen LogP contribution in [0.25, 0.3) is 0 Å². The van der Waals surface area contributed by atoms with E-state index in [2.05, 4.69) is 9.97 Å². The van der Waals surface area contributed by atoms with Gasteiger partial charge < -0.3 is 14.5 Å². The lowest BCUT2D eigenvalue weighted by atomic mass is 10.1. The number of nitrogens with one attached hydrogen (secondary N) is 2. The Morgan fingerprint density at radius 3 is 2.38 bits per heavy atom. The third-order valence-electron chi connectivity index (χ3n) is 3.57. The fourth-order valence-electron chi connectivity index (χ4n) is 1.84. The minimum absolute atomic E-state index is 0.0560. The van der Waals surface area contributed by atoms with Gasteiger partial charge in [0.15, 0.2) is 4.77 Å². The van der Waals surface area contributed by atoms with Crippen LogP contribution in [0.1, 0.15) is 56.3 Å². The lowest BCUT2D eigenvalue weighted by Crippen LogP contribution is -2.20. The predicted octanol–water partition coefficient (Wildman–Crippen LogP) is 2.74. The van der Waals surface area contributed by atoms with Crippen LogP contribution in [0.5, 0.6) is 0 Å². The van der Waals surface area contributed by atoms with Crippen LogP contribution in [0.4, 0.5) is 0 Å². The molecule has 24 heavy (non-hydrogen) atoms. The van der Waals surface area contributed by atoms with E-state index in [0.29, 0.717) is 13.0 Å². The highest BCUT2D eigenvalue weighted by molar-refractivity contribution is 7.71. The highest BCUT2D eigenvalue weighted by Gasteiger charge is 2.12. The highest BCUT2D eigenvalue weighted by Crippen LogP contribution is 2.06. The second-order valence-corrected chi connectivity index (χ2v) is 5.92. The van der Waals surface area contributed by atoms with Crippen molar-refractivity contribution in [3.8, 4) is 0 Å². The third-order valence-corrected chi connectivity index (χ3v) is 3.79. The van der Waals surface area contributed by atoms with Gasteiger partial charge in [-0.05, 0) is 44.3 Å². The summed E-state index contributed by atoms with van der Waals surface area (Å²) in [5.41, 5.74) is -0.660. The van der Waals surface area contributed by atoms with Crippen LogP contribution in [0.15, 0.2) is 11.0 Å². The Morgan fingerprint density at radius 1 is 1.17 bits per heavy atom. The molecule has 2 N–H and O–H groups in total. The molecule has 7 nitrogen and oxygen atoms in total. The van der Waals surface area contributed by atoms with E-state index in [4.69, 9.17) is 21.7 Å². The molecule has 0 fully saturated rings. The molecule has 0 saturated carbocycles. The van der Waals surface area contributed by atoms with E-state index in [1.807, 2.05) is 13.8 Å². The van der Waals surface area contributed by atoms with E-state index < -0.39 is 11.5 Å². The summed E-state index contributed by atoms with van der Waals surface area (Å²) >= 11 is 4.74. The SMILES string of the molecule is CCC(C)C(=O)OCCCCCCOC(=O)c1c[nH]c(=S)[nH]c1=O. The Bertz CT molecular complexity index is 652. The van der Waals surface area contributed by atoms with Gasteiger partial charge in [0, 0.05) is 6.20 Å². The molecule has 1 aromatic rings. The van der Waals surface area contributed by atoms with Crippen molar-refractivity contribution in [3.05, 3.63) is 26.9 Å². The molecule has 1 aromatic heterocycles. The second kappa shape index (κ2) is 10.7. The van der Waals surface area contributed by atoms with Crippen LogP contribution < -0.4 is 5.56 Å². The van der Waals surface area contributed by atoms with E-state index in [1.165, 1.54) is 6.20 Å². The zero-order valence-corrected chi connectivity index (χ0v) is 14.9. The molecule has 0 saturated heterocycles. The smallest absolute Gasteiger partial charge is 0.345 e. The van der Waals surface area contributed by atoms with E-state index >= 15 is 0 Å². The molecular formula is C16H24N2O5S. The third kappa shape index (κ3) is 7.08. The minimum atomic E-state index is -0.676.